The summed E-state index contributed by atoms with van der Waals surface area (Å²) < 4.78 is 0. The maximum absolute atomic E-state index is 12.0. The zero-order chi connectivity index (χ0) is 16.6. The number of rotatable bonds is 2. The molecule has 0 bridgehead atoms. The summed E-state index contributed by atoms with van der Waals surface area (Å²) in [5, 5.41) is 0. The Morgan fingerprint density at radius 1 is 1.22 bits per heavy atom. The minimum Gasteiger partial charge on any atom is -0.362 e. The molecule has 126 valence electrons. The number of carbonyl (C=O) groups excluding carboxylic acids is 1. The van der Waals surface area contributed by atoms with Crippen LogP contribution in [0.25, 0.3) is 0 Å². The topological polar surface area (TPSA) is 52.6 Å². The van der Waals surface area contributed by atoms with Gasteiger partial charge in [-0.05, 0) is 32.7 Å². The first-order chi connectivity index (χ1) is 11.0. The molecule has 1 atom stereocenters. The fraction of sp³-hybridized carbons (Fsp3) is 0.706. The van der Waals surface area contributed by atoms with Crippen LogP contribution in [-0.2, 0) is 17.8 Å². The predicted octanol–water partition coefficient (Wildman–Crippen LogP) is 1.60. The highest BCUT2D eigenvalue weighted by Gasteiger charge is 2.30. The van der Waals surface area contributed by atoms with Crippen molar-refractivity contribution in [3.05, 3.63) is 17.1 Å². The molecule has 0 N–H and O–H groups in total. The minimum absolute atomic E-state index is 0.0254. The third-order valence-corrected chi connectivity index (χ3v) is 4.88. The van der Waals surface area contributed by atoms with E-state index >= 15 is 0 Å². The van der Waals surface area contributed by atoms with Crippen LogP contribution in [-0.4, -0.2) is 59.9 Å². The fourth-order valence-electron chi connectivity index (χ4n) is 3.66. The molecular weight excluding hydrogens is 290 g/mol. The highest BCUT2D eigenvalue weighted by atomic mass is 16.2. The van der Waals surface area contributed by atoms with E-state index in [0.29, 0.717) is 0 Å². The lowest BCUT2D eigenvalue weighted by molar-refractivity contribution is -0.132. The van der Waals surface area contributed by atoms with Crippen LogP contribution in [0.1, 0.15) is 49.3 Å². The van der Waals surface area contributed by atoms with Gasteiger partial charge in [-0.15, -0.1) is 0 Å². The monoisotopic (exact) mass is 317 g/mol. The SMILES string of the molecule is CC(=O)N1CCCC[C@H]1c1nc2c(c(N(C)C)n1)CCN(C)C2. The average molecular weight is 317 g/mol. The van der Waals surface area contributed by atoms with Crippen LogP contribution >= 0.6 is 0 Å². The number of carbonyl (C=O) groups is 1. The highest BCUT2D eigenvalue weighted by molar-refractivity contribution is 5.73. The number of aromatic nitrogens is 2. The molecule has 1 amide bonds. The molecule has 1 fully saturated rings. The van der Waals surface area contributed by atoms with Crippen molar-refractivity contribution in [1.82, 2.24) is 19.8 Å². The standard InChI is InChI=1S/C17H27N5O/c1-12(23)22-9-6-5-7-15(22)16-18-14-11-21(4)10-8-13(14)17(19-16)20(2)3/h15H,5-11H2,1-4H3/t15-/m0/s1. The van der Waals surface area contributed by atoms with E-state index in [1.54, 1.807) is 6.92 Å². The van der Waals surface area contributed by atoms with Gasteiger partial charge in [0.25, 0.3) is 0 Å². The van der Waals surface area contributed by atoms with Crippen molar-refractivity contribution in [3.63, 3.8) is 0 Å². The number of amides is 1. The minimum atomic E-state index is 0.0254. The summed E-state index contributed by atoms with van der Waals surface area (Å²) in [6, 6.07) is 0.0254. The van der Waals surface area contributed by atoms with Crippen molar-refractivity contribution in [3.8, 4) is 0 Å². The van der Waals surface area contributed by atoms with Crippen LogP contribution in [0.15, 0.2) is 0 Å². The van der Waals surface area contributed by atoms with Crippen molar-refractivity contribution < 1.29 is 4.79 Å². The van der Waals surface area contributed by atoms with Crippen LogP contribution < -0.4 is 4.90 Å². The normalized spacial score (nSPS) is 21.9. The van der Waals surface area contributed by atoms with E-state index < -0.39 is 0 Å². The zero-order valence-electron chi connectivity index (χ0n) is 14.7. The van der Waals surface area contributed by atoms with Gasteiger partial charge in [-0.2, -0.15) is 0 Å². The third kappa shape index (κ3) is 3.17. The second-order valence-electron chi connectivity index (χ2n) is 6.94. The summed E-state index contributed by atoms with van der Waals surface area (Å²) in [7, 11) is 6.20. The Morgan fingerprint density at radius 2 is 2.00 bits per heavy atom. The van der Waals surface area contributed by atoms with E-state index in [-0.39, 0.29) is 11.9 Å². The van der Waals surface area contributed by atoms with E-state index in [4.69, 9.17) is 9.97 Å². The smallest absolute Gasteiger partial charge is 0.220 e. The number of hydrogen-bond donors (Lipinski definition) is 0. The zero-order valence-corrected chi connectivity index (χ0v) is 14.7. The van der Waals surface area contributed by atoms with Crippen LogP contribution in [0.3, 0.4) is 0 Å². The summed E-state index contributed by atoms with van der Waals surface area (Å²) in [5.41, 5.74) is 2.39. The lowest BCUT2D eigenvalue weighted by Gasteiger charge is -2.35. The van der Waals surface area contributed by atoms with Crippen molar-refractivity contribution in [1.29, 1.82) is 0 Å². The fourth-order valence-corrected chi connectivity index (χ4v) is 3.66. The van der Waals surface area contributed by atoms with Crippen LogP contribution in [0.5, 0.6) is 0 Å². The summed E-state index contributed by atoms with van der Waals surface area (Å²) in [5.74, 6) is 1.96. The Balaban J connectivity index is 2.03. The number of anilines is 1. The molecule has 0 aromatic carbocycles. The molecule has 3 rings (SSSR count). The van der Waals surface area contributed by atoms with E-state index in [9.17, 15) is 4.79 Å². The van der Waals surface area contributed by atoms with E-state index in [1.807, 2.05) is 19.0 Å². The van der Waals surface area contributed by atoms with Gasteiger partial charge in [0.2, 0.25) is 5.91 Å². The van der Waals surface area contributed by atoms with Gasteiger partial charge < -0.3 is 14.7 Å². The molecule has 6 nitrogen and oxygen atoms in total. The molecular formula is C17H27N5O. The largest absolute Gasteiger partial charge is 0.362 e. The number of hydrogen-bond acceptors (Lipinski definition) is 5. The van der Waals surface area contributed by atoms with E-state index in [1.165, 1.54) is 5.56 Å². The van der Waals surface area contributed by atoms with Crippen LogP contribution in [0.4, 0.5) is 5.82 Å². The molecule has 2 aliphatic rings. The Hall–Kier alpha value is -1.69. The van der Waals surface area contributed by atoms with Crippen LogP contribution in [0, 0.1) is 0 Å². The Kier molecular flexibility index (Phi) is 4.53. The van der Waals surface area contributed by atoms with Gasteiger partial charge in [-0.25, -0.2) is 9.97 Å². The summed E-state index contributed by atoms with van der Waals surface area (Å²) in [4.78, 5) is 28.1. The second-order valence-corrected chi connectivity index (χ2v) is 6.94. The van der Waals surface area contributed by atoms with Gasteiger partial charge in [-0.3, -0.25) is 4.79 Å². The third-order valence-electron chi connectivity index (χ3n) is 4.88. The van der Waals surface area contributed by atoms with Gasteiger partial charge in [-0.1, -0.05) is 0 Å². The molecule has 1 aromatic heterocycles. The van der Waals surface area contributed by atoms with E-state index in [2.05, 4.69) is 16.8 Å². The quantitative estimate of drug-likeness (QED) is 0.829. The molecule has 0 unspecified atom stereocenters. The number of likely N-dealkylation sites (N-methyl/N-ethyl adjacent to an activating group) is 1. The number of fused-ring (bicyclic) bond motifs is 1. The van der Waals surface area contributed by atoms with Crippen molar-refractivity contribution >= 4 is 11.7 Å². The van der Waals surface area contributed by atoms with Gasteiger partial charge in [0.15, 0.2) is 5.82 Å². The molecule has 3 heterocycles. The van der Waals surface area contributed by atoms with Crippen LogP contribution in [0.2, 0.25) is 0 Å². The second kappa shape index (κ2) is 6.43. The Morgan fingerprint density at radius 3 is 2.70 bits per heavy atom. The summed E-state index contributed by atoms with van der Waals surface area (Å²) in [6.07, 6.45) is 4.15. The maximum Gasteiger partial charge on any atom is 0.220 e. The summed E-state index contributed by atoms with van der Waals surface area (Å²) >= 11 is 0. The van der Waals surface area contributed by atoms with Gasteiger partial charge in [0.1, 0.15) is 5.82 Å². The average Bonchev–Trinajstić information content (AvgIpc) is 2.53. The molecule has 1 aromatic rings. The lowest BCUT2D eigenvalue weighted by Crippen LogP contribution is -2.39. The lowest BCUT2D eigenvalue weighted by atomic mass is 10.00. The first-order valence-electron chi connectivity index (χ1n) is 8.50. The molecule has 23 heavy (non-hydrogen) atoms. The molecule has 6 heteroatoms. The number of likely N-dealkylation sites (tertiary alicyclic amines) is 1. The van der Waals surface area contributed by atoms with E-state index in [0.717, 1.165) is 62.7 Å². The molecule has 1 saturated heterocycles. The summed E-state index contributed by atoms with van der Waals surface area (Å²) in [6.45, 7) is 4.37. The first-order valence-corrected chi connectivity index (χ1v) is 8.50. The molecule has 0 aliphatic carbocycles. The number of piperidine rings is 1. The maximum atomic E-state index is 12.0. The highest BCUT2D eigenvalue weighted by Crippen LogP contribution is 2.32. The Bertz CT molecular complexity index is 601. The van der Waals surface area contributed by atoms with Gasteiger partial charge >= 0.3 is 0 Å². The molecule has 0 spiro atoms. The predicted molar refractivity (Wildman–Crippen MR) is 90.4 cm³/mol. The Labute approximate surface area is 138 Å². The van der Waals surface area contributed by atoms with Crippen molar-refractivity contribution in [2.75, 3.05) is 39.1 Å². The number of nitrogens with zero attached hydrogens (tertiary/aromatic N) is 5. The molecule has 0 radical (unpaired) electrons. The van der Waals surface area contributed by atoms with Gasteiger partial charge in [0.05, 0.1) is 11.7 Å². The first kappa shape index (κ1) is 16.2. The van der Waals surface area contributed by atoms with Crippen molar-refractivity contribution in [2.24, 2.45) is 0 Å². The van der Waals surface area contributed by atoms with Crippen molar-refractivity contribution in [2.45, 2.75) is 45.2 Å². The molecule has 2 aliphatic heterocycles. The van der Waals surface area contributed by atoms with Gasteiger partial charge in [0, 0.05) is 46.2 Å². The molecule has 0 saturated carbocycles.